The van der Waals surface area contributed by atoms with Gasteiger partial charge in [-0.05, 0) is 52.2 Å². The van der Waals surface area contributed by atoms with Crippen molar-refractivity contribution in [2.45, 2.75) is 13.2 Å². The van der Waals surface area contributed by atoms with E-state index in [-0.39, 0.29) is 23.7 Å². The number of carbonyl (C=O) groups is 1. The second kappa shape index (κ2) is 10.6. The minimum absolute atomic E-state index is 0.140. The van der Waals surface area contributed by atoms with Crippen molar-refractivity contribution in [2.75, 3.05) is 0 Å². The minimum atomic E-state index is -0.289. The fourth-order valence-electron chi connectivity index (χ4n) is 3.88. The monoisotopic (exact) mass is 539 g/mol. The molecule has 178 valence electrons. The van der Waals surface area contributed by atoms with E-state index in [9.17, 15) is 9.90 Å². The van der Waals surface area contributed by atoms with Gasteiger partial charge in [0.2, 0.25) is 0 Å². The van der Waals surface area contributed by atoms with Crippen LogP contribution in [0.1, 0.15) is 27.2 Å². The Morgan fingerprint density at radius 3 is 2.64 bits per heavy atom. The zero-order chi connectivity index (χ0) is 24.9. The molecular weight excluding hydrogens is 518 g/mol. The van der Waals surface area contributed by atoms with Gasteiger partial charge in [0.15, 0.2) is 5.78 Å². The number of aromatic hydroxyl groups is 1. The van der Waals surface area contributed by atoms with Gasteiger partial charge in [-0.1, -0.05) is 81.8 Å². The Morgan fingerprint density at radius 1 is 1.00 bits per heavy atom. The summed E-state index contributed by atoms with van der Waals surface area (Å²) in [6.07, 6.45) is 5.06. The normalized spacial score (nSPS) is 11.2. The average Bonchev–Trinajstić information content (AvgIpc) is 3.34. The number of halogens is 1. The van der Waals surface area contributed by atoms with Crippen LogP contribution in [0.5, 0.6) is 11.5 Å². The summed E-state index contributed by atoms with van der Waals surface area (Å²) in [7, 11) is 0. The average molecular weight is 540 g/mol. The Morgan fingerprint density at radius 2 is 1.81 bits per heavy atom. The summed E-state index contributed by atoms with van der Waals surface area (Å²) >= 11 is 3.43. The second-order valence-electron chi connectivity index (χ2n) is 8.27. The second-order valence-corrected chi connectivity index (χ2v) is 9.18. The first-order chi connectivity index (χ1) is 17.5. The molecule has 0 atom stereocenters. The highest BCUT2D eigenvalue weighted by Crippen LogP contribution is 2.26. The first kappa shape index (κ1) is 23.5. The van der Waals surface area contributed by atoms with Gasteiger partial charge < -0.3 is 9.84 Å². The fourth-order valence-corrected chi connectivity index (χ4v) is 4.14. The van der Waals surface area contributed by atoms with E-state index in [1.807, 2.05) is 72.9 Å². The van der Waals surface area contributed by atoms with E-state index in [1.165, 1.54) is 12.1 Å². The number of benzene rings is 4. The summed E-state index contributed by atoms with van der Waals surface area (Å²) in [5.41, 5.74) is 2.91. The predicted octanol–water partition coefficient (Wildman–Crippen LogP) is 6.42. The van der Waals surface area contributed by atoms with Crippen LogP contribution in [0.15, 0.2) is 102 Å². The highest BCUT2D eigenvalue weighted by Gasteiger charge is 2.11. The number of phenols is 1. The number of rotatable bonds is 8. The van der Waals surface area contributed by atoms with Crippen LogP contribution in [-0.4, -0.2) is 25.9 Å². The Hall–Kier alpha value is -4.23. The quantitative estimate of drug-likeness (QED) is 0.182. The number of nitrogens with zero attached hydrogens (tertiary/aromatic N) is 3. The molecule has 6 nitrogen and oxygen atoms in total. The lowest BCUT2D eigenvalue weighted by Gasteiger charge is -2.07. The number of ketones is 1. The number of aromatic nitrogens is 3. The molecule has 0 spiro atoms. The lowest BCUT2D eigenvalue weighted by molar-refractivity contribution is 0.104. The van der Waals surface area contributed by atoms with Crippen LogP contribution in [0.3, 0.4) is 0 Å². The molecule has 0 amide bonds. The molecule has 0 saturated heterocycles. The van der Waals surface area contributed by atoms with Gasteiger partial charge in [-0.25, -0.2) is 4.68 Å². The maximum Gasteiger partial charge on any atom is 0.189 e. The van der Waals surface area contributed by atoms with Crippen molar-refractivity contribution in [3.63, 3.8) is 0 Å². The number of hydrogen-bond donors (Lipinski definition) is 1. The smallest absolute Gasteiger partial charge is 0.189 e. The summed E-state index contributed by atoms with van der Waals surface area (Å²) in [5, 5.41) is 20.9. The lowest BCUT2D eigenvalue weighted by atomic mass is 10.0. The first-order valence-corrected chi connectivity index (χ1v) is 12.1. The molecule has 4 aromatic carbocycles. The van der Waals surface area contributed by atoms with Crippen LogP contribution in [0.4, 0.5) is 0 Å². The molecule has 1 N–H and O–H groups in total. The van der Waals surface area contributed by atoms with Gasteiger partial charge in [0.25, 0.3) is 0 Å². The molecule has 0 unspecified atom stereocenters. The molecular formula is C29H22BrN3O3. The summed E-state index contributed by atoms with van der Waals surface area (Å²) in [6, 6.07) is 26.6. The molecule has 7 heteroatoms. The van der Waals surface area contributed by atoms with E-state index >= 15 is 0 Å². The molecule has 5 rings (SSSR count). The minimum Gasteiger partial charge on any atom is -0.507 e. The fraction of sp³-hybridized carbons (Fsp3) is 0.0690. The maximum atomic E-state index is 12.7. The highest BCUT2D eigenvalue weighted by atomic mass is 79.9. The van der Waals surface area contributed by atoms with E-state index in [1.54, 1.807) is 22.9 Å². The van der Waals surface area contributed by atoms with E-state index in [4.69, 9.17) is 4.74 Å². The van der Waals surface area contributed by atoms with Crippen LogP contribution >= 0.6 is 15.9 Å². The zero-order valence-electron chi connectivity index (χ0n) is 19.2. The van der Waals surface area contributed by atoms with Crippen LogP contribution in [-0.2, 0) is 13.2 Å². The predicted molar refractivity (Wildman–Crippen MR) is 143 cm³/mol. The van der Waals surface area contributed by atoms with Crippen molar-refractivity contribution in [1.29, 1.82) is 0 Å². The Labute approximate surface area is 216 Å². The number of fused-ring (bicyclic) bond motifs is 1. The van der Waals surface area contributed by atoms with Crippen LogP contribution in [0.2, 0.25) is 0 Å². The van der Waals surface area contributed by atoms with Crippen molar-refractivity contribution in [1.82, 2.24) is 15.0 Å². The van der Waals surface area contributed by atoms with Gasteiger partial charge in [0.05, 0.1) is 18.3 Å². The van der Waals surface area contributed by atoms with E-state index in [0.29, 0.717) is 18.0 Å². The van der Waals surface area contributed by atoms with E-state index in [0.717, 1.165) is 26.4 Å². The summed E-state index contributed by atoms with van der Waals surface area (Å²) in [5.74, 6) is 0.00590. The van der Waals surface area contributed by atoms with Crippen molar-refractivity contribution in [3.05, 3.63) is 124 Å². The van der Waals surface area contributed by atoms with E-state index in [2.05, 4.69) is 26.2 Å². The van der Waals surface area contributed by atoms with Crippen molar-refractivity contribution < 1.29 is 14.6 Å². The van der Waals surface area contributed by atoms with Crippen molar-refractivity contribution in [3.8, 4) is 11.5 Å². The third-order valence-electron chi connectivity index (χ3n) is 5.70. The molecule has 0 bridgehead atoms. The van der Waals surface area contributed by atoms with Gasteiger partial charge in [0, 0.05) is 10.5 Å². The topological polar surface area (TPSA) is 77.2 Å². The molecule has 0 aliphatic carbocycles. The lowest BCUT2D eigenvalue weighted by Crippen LogP contribution is -2.00. The third kappa shape index (κ3) is 5.53. The maximum absolute atomic E-state index is 12.7. The molecule has 36 heavy (non-hydrogen) atoms. The molecule has 0 saturated carbocycles. The van der Waals surface area contributed by atoms with Crippen LogP contribution in [0.25, 0.3) is 16.8 Å². The number of phenolic OH excluding ortho intramolecular Hbond substituents is 1. The number of ether oxygens (including phenoxy) is 1. The van der Waals surface area contributed by atoms with Crippen LogP contribution < -0.4 is 4.74 Å². The van der Waals surface area contributed by atoms with Gasteiger partial charge in [-0.15, -0.1) is 5.10 Å². The third-order valence-corrected chi connectivity index (χ3v) is 6.23. The highest BCUT2D eigenvalue weighted by molar-refractivity contribution is 9.10. The van der Waals surface area contributed by atoms with Crippen molar-refractivity contribution >= 4 is 38.6 Å². The van der Waals surface area contributed by atoms with Gasteiger partial charge in [-0.2, -0.15) is 0 Å². The Bertz CT molecular complexity index is 1550. The Kier molecular flexibility index (Phi) is 6.91. The number of allylic oxidation sites excluding steroid dienone is 1. The molecule has 1 heterocycles. The first-order valence-electron chi connectivity index (χ1n) is 11.3. The molecule has 1 aromatic heterocycles. The largest absolute Gasteiger partial charge is 0.507 e. The molecule has 0 aliphatic heterocycles. The van der Waals surface area contributed by atoms with Gasteiger partial charge in [0.1, 0.15) is 23.8 Å². The summed E-state index contributed by atoms with van der Waals surface area (Å²) in [6.45, 7) is 0.790. The van der Waals surface area contributed by atoms with Crippen molar-refractivity contribution in [2.24, 2.45) is 0 Å². The summed E-state index contributed by atoms with van der Waals surface area (Å²) < 4.78 is 8.52. The SMILES string of the molecule is O=C(/C=C/c1cccc2ccccc12)c1ccc(OCc2cn(Cc3ccc(Br)cc3)nn2)cc1O. The van der Waals surface area contributed by atoms with Crippen LogP contribution in [0, 0.1) is 0 Å². The molecule has 0 radical (unpaired) electrons. The molecule has 0 aliphatic rings. The van der Waals surface area contributed by atoms with Gasteiger partial charge in [-0.3, -0.25) is 4.79 Å². The number of hydrogen-bond acceptors (Lipinski definition) is 5. The summed E-state index contributed by atoms with van der Waals surface area (Å²) in [4.78, 5) is 12.7. The van der Waals surface area contributed by atoms with Gasteiger partial charge >= 0.3 is 0 Å². The molecule has 5 aromatic rings. The molecule has 0 fully saturated rings. The standard InChI is InChI=1S/C29H22BrN3O3/c30-23-11-8-20(9-12-23)17-33-18-24(31-32-33)19-36-25-13-14-27(29(35)16-25)28(34)15-10-22-6-3-5-21-4-1-2-7-26(21)22/h1-16,18,35H,17,19H2/b15-10+. The zero-order valence-corrected chi connectivity index (χ0v) is 20.8. The van der Waals surface area contributed by atoms with E-state index < -0.39 is 0 Å². The Balaban J connectivity index is 1.21. The number of carbonyl (C=O) groups excluding carboxylic acids is 1.